The molecule has 6 nitrogen and oxygen atoms in total. The van der Waals surface area contributed by atoms with Gasteiger partial charge in [-0.1, -0.05) is 253 Å². The van der Waals surface area contributed by atoms with Gasteiger partial charge in [-0.15, -0.1) is 0 Å². The molecule has 0 aliphatic heterocycles. The zero-order chi connectivity index (χ0) is 52.9. The van der Waals surface area contributed by atoms with Gasteiger partial charge in [-0.05, 0) is 116 Å². The number of esters is 3. The van der Waals surface area contributed by atoms with E-state index in [4.69, 9.17) is 14.2 Å². The fraction of sp³-hybridized carbons (Fsp3) is 0.716. The van der Waals surface area contributed by atoms with Gasteiger partial charge in [-0.25, -0.2) is 0 Å². The minimum Gasteiger partial charge on any atom is -0.462 e. The minimum atomic E-state index is -0.791. The fourth-order valence-corrected chi connectivity index (χ4v) is 8.42. The monoisotopic (exact) mass is 1010 g/mol. The Morgan fingerprint density at radius 1 is 0.288 bits per heavy atom. The molecule has 0 amide bonds. The largest absolute Gasteiger partial charge is 0.462 e. The maximum absolute atomic E-state index is 12.9. The molecule has 0 bridgehead atoms. The SMILES string of the molecule is CC/C=C\C/C=C\C/C=C\C/C=C\CCCCCCCCCCCCC(=O)OCC(COC(=O)CCCCCCC/C=C\C/C=C\CCCC)OC(=O)CCCCCCCCC/C=C\C/C=C\CCCCCC. The lowest BCUT2D eigenvalue weighted by Crippen LogP contribution is -2.30. The number of hydrogen-bond donors (Lipinski definition) is 0. The molecule has 0 spiro atoms. The molecule has 0 fully saturated rings. The molecule has 1 atom stereocenters. The van der Waals surface area contributed by atoms with Crippen molar-refractivity contribution in [3.8, 4) is 0 Å². The molecule has 6 heteroatoms. The number of carbonyl (C=O) groups excluding carboxylic acids is 3. The van der Waals surface area contributed by atoms with E-state index in [1.165, 1.54) is 128 Å². The summed E-state index contributed by atoms with van der Waals surface area (Å²) in [5.41, 5.74) is 0. The summed E-state index contributed by atoms with van der Waals surface area (Å²) in [5, 5.41) is 0. The minimum absolute atomic E-state index is 0.0874. The van der Waals surface area contributed by atoms with Crippen LogP contribution in [0, 0.1) is 0 Å². The second kappa shape index (κ2) is 60.9. The summed E-state index contributed by atoms with van der Waals surface area (Å²) in [6, 6.07) is 0. The molecule has 0 rings (SSSR count). The van der Waals surface area contributed by atoms with Crippen LogP contribution in [0.2, 0.25) is 0 Å². The third-order valence-electron chi connectivity index (χ3n) is 13.0. The Hall–Kier alpha value is -3.67. The van der Waals surface area contributed by atoms with Crippen molar-refractivity contribution >= 4 is 17.9 Å². The maximum Gasteiger partial charge on any atom is 0.306 e. The van der Waals surface area contributed by atoms with Gasteiger partial charge >= 0.3 is 17.9 Å². The van der Waals surface area contributed by atoms with E-state index in [1.54, 1.807) is 0 Å². The molecule has 0 aromatic rings. The lowest BCUT2D eigenvalue weighted by Gasteiger charge is -2.18. The first-order valence-electron chi connectivity index (χ1n) is 30.7. The molecule has 73 heavy (non-hydrogen) atoms. The summed E-state index contributed by atoms with van der Waals surface area (Å²) in [5.74, 6) is -0.906. The number of carbonyl (C=O) groups is 3. The topological polar surface area (TPSA) is 78.9 Å². The maximum atomic E-state index is 12.9. The van der Waals surface area contributed by atoms with Crippen LogP contribution in [-0.2, 0) is 28.6 Å². The molecule has 0 heterocycles. The first kappa shape index (κ1) is 69.3. The van der Waals surface area contributed by atoms with E-state index < -0.39 is 6.10 Å². The van der Waals surface area contributed by atoms with Gasteiger partial charge in [0.25, 0.3) is 0 Å². The summed E-state index contributed by atoms with van der Waals surface area (Å²) >= 11 is 0. The van der Waals surface area contributed by atoms with Crippen molar-refractivity contribution in [2.24, 2.45) is 0 Å². The van der Waals surface area contributed by atoms with E-state index in [2.05, 4.69) is 118 Å². The van der Waals surface area contributed by atoms with E-state index >= 15 is 0 Å². The molecule has 0 N–H and O–H groups in total. The van der Waals surface area contributed by atoms with Gasteiger partial charge in [0, 0.05) is 19.3 Å². The van der Waals surface area contributed by atoms with Crippen LogP contribution in [0.3, 0.4) is 0 Å². The first-order chi connectivity index (χ1) is 36.0. The third kappa shape index (κ3) is 59.1. The van der Waals surface area contributed by atoms with Gasteiger partial charge in [-0.2, -0.15) is 0 Å². The highest BCUT2D eigenvalue weighted by Gasteiger charge is 2.19. The Morgan fingerprint density at radius 2 is 0.548 bits per heavy atom. The average Bonchev–Trinajstić information content (AvgIpc) is 3.39. The molecule has 418 valence electrons. The van der Waals surface area contributed by atoms with Crippen LogP contribution in [0.1, 0.15) is 290 Å². The number of rotatable bonds is 55. The van der Waals surface area contributed by atoms with Crippen molar-refractivity contribution < 1.29 is 28.6 Å². The van der Waals surface area contributed by atoms with Crippen molar-refractivity contribution in [2.45, 2.75) is 297 Å². The van der Waals surface area contributed by atoms with Crippen LogP contribution in [0.4, 0.5) is 0 Å². The van der Waals surface area contributed by atoms with Crippen molar-refractivity contribution in [1.29, 1.82) is 0 Å². The van der Waals surface area contributed by atoms with Crippen LogP contribution in [0.25, 0.3) is 0 Å². The second-order valence-corrected chi connectivity index (χ2v) is 20.2. The molecule has 0 aromatic heterocycles. The Morgan fingerprint density at radius 3 is 0.877 bits per heavy atom. The van der Waals surface area contributed by atoms with Crippen LogP contribution < -0.4 is 0 Å². The Kier molecular flexibility index (Phi) is 57.8. The van der Waals surface area contributed by atoms with Gasteiger partial charge in [0.1, 0.15) is 13.2 Å². The standard InChI is InChI=1S/C67H114O6/c1-4-7-10-13-16-19-22-25-28-30-32-33-34-35-36-38-39-42-45-48-51-54-57-60-66(69)72-63-64(62-71-65(68)59-56-53-50-47-44-41-27-24-21-18-15-12-9-6-3)73-67(70)61-58-55-52-49-46-43-40-37-31-29-26-23-20-17-14-11-8-5-2/h7,10,15-16,18-20,23-25,27-29,31-33,64H,4-6,8-9,11-14,17,21-22,26,30,34-63H2,1-3H3/b10-7-,18-15-,19-16-,23-20-,27-24-,28-25-,31-29-,33-32-. The zero-order valence-electron chi connectivity index (χ0n) is 47.9. The first-order valence-corrected chi connectivity index (χ1v) is 30.7. The number of hydrogen-bond acceptors (Lipinski definition) is 6. The van der Waals surface area contributed by atoms with Crippen molar-refractivity contribution in [2.75, 3.05) is 13.2 Å². The molecule has 0 saturated heterocycles. The van der Waals surface area contributed by atoms with Crippen LogP contribution >= 0.6 is 0 Å². The van der Waals surface area contributed by atoms with Gasteiger partial charge < -0.3 is 14.2 Å². The smallest absolute Gasteiger partial charge is 0.306 e. The van der Waals surface area contributed by atoms with Crippen LogP contribution in [0.5, 0.6) is 0 Å². The molecule has 0 aliphatic rings. The molecule has 0 radical (unpaired) electrons. The van der Waals surface area contributed by atoms with Gasteiger partial charge in [0.15, 0.2) is 6.10 Å². The third-order valence-corrected chi connectivity index (χ3v) is 13.0. The van der Waals surface area contributed by atoms with Crippen LogP contribution in [0.15, 0.2) is 97.2 Å². The number of unbranched alkanes of at least 4 members (excludes halogenated alkanes) is 28. The Labute approximate surface area is 451 Å². The van der Waals surface area contributed by atoms with E-state index in [1.807, 2.05) is 0 Å². The van der Waals surface area contributed by atoms with Gasteiger partial charge in [-0.3, -0.25) is 14.4 Å². The molecule has 0 aromatic carbocycles. The molecular formula is C67H114O6. The summed E-state index contributed by atoms with van der Waals surface area (Å²) in [7, 11) is 0. The summed E-state index contributed by atoms with van der Waals surface area (Å²) < 4.78 is 16.9. The normalized spacial score (nSPS) is 12.8. The molecule has 0 aliphatic carbocycles. The Balaban J connectivity index is 4.38. The van der Waals surface area contributed by atoms with E-state index in [0.29, 0.717) is 19.3 Å². The molecule has 0 saturated carbocycles. The number of allylic oxidation sites excluding steroid dienone is 16. The lowest BCUT2D eigenvalue weighted by atomic mass is 10.1. The number of ether oxygens (including phenoxy) is 3. The molecular weight excluding hydrogens is 901 g/mol. The highest BCUT2D eigenvalue weighted by Crippen LogP contribution is 2.15. The van der Waals surface area contributed by atoms with Crippen molar-refractivity contribution in [3.63, 3.8) is 0 Å². The quantitative estimate of drug-likeness (QED) is 0.0261. The Bertz CT molecular complexity index is 1440. The summed E-state index contributed by atoms with van der Waals surface area (Å²) in [4.78, 5) is 38.3. The lowest BCUT2D eigenvalue weighted by molar-refractivity contribution is -0.167. The second-order valence-electron chi connectivity index (χ2n) is 20.2. The van der Waals surface area contributed by atoms with E-state index in [-0.39, 0.29) is 31.1 Å². The fourth-order valence-electron chi connectivity index (χ4n) is 8.42. The predicted octanol–water partition coefficient (Wildman–Crippen LogP) is 20.9. The zero-order valence-corrected chi connectivity index (χ0v) is 47.9. The van der Waals surface area contributed by atoms with E-state index in [0.717, 1.165) is 122 Å². The van der Waals surface area contributed by atoms with Gasteiger partial charge in [0.05, 0.1) is 0 Å². The highest BCUT2D eigenvalue weighted by molar-refractivity contribution is 5.71. The van der Waals surface area contributed by atoms with Crippen molar-refractivity contribution in [1.82, 2.24) is 0 Å². The predicted molar refractivity (Wildman–Crippen MR) is 316 cm³/mol. The van der Waals surface area contributed by atoms with Gasteiger partial charge in [0.2, 0.25) is 0 Å². The van der Waals surface area contributed by atoms with Crippen LogP contribution in [-0.4, -0.2) is 37.2 Å². The molecule has 1 unspecified atom stereocenters. The summed E-state index contributed by atoms with van der Waals surface area (Å²) in [6.45, 7) is 6.47. The van der Waals surface area contributed by atoms with E-state index in [9.17, 15) is 14.4 Å². The average molecular weight is 1020 g/mol. The highest BCUT2D eigenvalue weighted by atomic mass is 16.6. The summed E-state index contributed by atoms with van der Waals surface area (Å²) in [6.07, 6.45) is 81.1. The van der Waals surface area contributed by atoms with Crippen molar-refractivity contribution in [3.05, 3.63) is 97.2 Å².